The molecular weight excluding hydrogens is 188 g/mol. The molecule has 0 saturated carbocycles. The molecule has 0 amide bonds. The van der Waals surface area contributed by atoms with Crippen LogP contribution in [0.15, 0.2) is 16.7 Å². The predicted octanol–water partition coefficient (Wildman–Crippen LogP) is 1.93. The van der Waals surface area contributed by atoms with Gasteiger partial charge in [0.25, 0.3) is 0 Å². The lowest BCUT2D eigenvalue weighted by Gasteiger charge is -1.97. The Bertz CT molecular complexity index is 291. The third-order valence-corrected chi connectivity index (χ3v) is 1.75. The van der Waals surface area contributed by atoms with E-state index < -0.39 is 5.97 Å². The van der Waals surface area contributed by atoms with Crippen molar-refractivity contribution in [1.82, 2.24) is 0 Å². The van der Waals surface area contributed by atoms with Gasteiger partial charge in [-0.05, 0) is 18.1 Å². The summed E-state index contributed by atoms with van der Waals surface area (Å²) in [5.41, 5.74) is 0.961. The Balaban J connectivity index is 2.69. The molecule has 0 radical (unpaired) electrons. The molecule has 1 atom stereocenters. The van der Waals surface area contributed by atoms with E-state index in [1.165, 1.54) is 7.11 Å². The van der Waals surface area contributed by atoms with E-state index in [0.717, 1.165) is 12.0 Å². The standard InChI is InChI=1S/C9H12O3S/c1-6(13)3-7-4-8(12-5-7)9(10)11-2/h4-6,13H,3H2,1-2H3. The van der Waals surface area contributed by atoms with E-state index in [1.54, 1.807) is 12.3 Å². The SMILES string of the molecule is COC(=O)c1cc(CC(C)S)co1. The molecule has 1 aromatic heterocycles. The Morgan fingerprint density at radius 1 is 1.77 bits per heavy atom. The maximum atomic E-state index is 11.0. The molecule has 1 aromatic rings. The van der Waals surface area contributed by atoms with Gasteiger partial charge in [0.1, 0.15) is 0 Å². The van der Waals surface area contributed by atoms with Crippen LogP contribution in [0.1, 0.15) is 23.0 Å². The molecule has 1 unspecified atom stereocenters. The van der Waals surface area contributed by atoms with E-state index in [9.17, 15) is 4.79 Å². The van der Waals surface area contributed by atoms with Gasteiger partial charge in [0.15, 0.2) is 0 Å². The number of carbonyl (C=O) groups is 1. The highest BCUT2D eigenvalue weighted by molar-refractivity contribution is 7.80. The Hall–Kier alpha value is -0.900. The third-order valence-electron chi connectivity index (χ3n) is 1.57. The summed E-state index contributed by atoms with van der Waals surface area (Å²) in [6.45, 7) is 1.98. The predicted molar refractivity (Wildman–Crippen MR) is 52.2 cm³/mol. The molecule has 1 heterocycles. The smallest absolute Gasteiger partial charge is 0.373 e. The molecule has 4 heteroatoms. The van der Waals surface area contributed by atoms with Crippen LogP contribution in [0.5, 0.6) is 0 Å². The van der Waals surface area contributed by atoms with Gasteiger partial charge in [0, 0.05) is 5.25 Å². The topological polar surface area (TPSA) is 39.4 Å². The highest BCUT2D eigenvalue weighted by atomic mass is 32.1. The zero-order chi connectivity index (χ0) is 9.84. The van der Waals surface area contributed by atoms with E-state index >= 15 is 0 Å². The second-order valence-electron chi connectivity index (χ2n) is 2.86. The molecule has 0 spiro atoms. The fourth-order valence-corrected chi connectivity index (χ4v) is 1.24. The van der Waals surface area contributed by atoms with Crippen LogP contribution in [0, 0.1) is 0 Å². The van der Waals surface area contributed by atoms with Gasteiger partial charge in [-0.15, -0.1) is 0 Å². The van der Waals surface area contributed by atoms with Crippen LogP contribution in [0.3, 0.4) is 0 Å². The van der Waals surface area contributed by atoms with Crippen LogP contribution in [0.25, 0.3) is 0 Å². The van der Waals surface area contributed by atoms with Crippen LogP contribution in [-0.4, -0.2) is 18.3 Å². The van der Waals surface area contributed by atoms with E-state index in [2.05, 4.69) is 17.4 Å². The Morgan fingerprint density at radius 3 is 3.00 bits per heavy atom. The summed E-state index contributed by atoms with van der Waals surface area (Å²) in [5.74, 6) is -0.204. The van der Waals surface area contributed by atoms with E-state index in [0.29, 0.717) is 0 Å². The van der Waals surface area contributed by atoms with Crippen LogP contribution < -0.4 is 0 Å². The molecule has 0 aliphatic heterocycles. The number of hydrogen-bond acceptors (Lipinski definition) is 4. The fraction of sp³-hybridized carbons (Fsp3) is 0.444. The summed E-state index contributed by atoms with van der Waals surface area (Å²) in [6.07, 6.45) is 2.34. The lowest BCUT2D eigenvalue weighted by atomic mass is 10.2. The van der Waals surface area contributed by atoms with Crippen LogP contribution in [-0.2, 0) is 11.2 Å². The third kappa shape index (κ3) is 2.81. The minimum atomic E-state index is -0.446. The summed E-state index contributed by atoms with van der Waals surface area (Å²) in [4.78, 5) is 11.0. The highest BCUT2D eigenvalue weighted by Gasteiger charge is 2.11. The van der Waals surface area contributed by atoms with Gasteiger partial charge in [-0.3, -0.25) is 0 Å². The molecule has 0 aliphatic rings. The number of ether oxygens (including phenoxy) is 1. The van der Waals surface area contributed by atoms with Gasteiger partial charge in [0.2, 0.25) is 5.76 Å². The number of thiol groups is 1. The molecule has 0 fully saturated rings. The Labute approximate surface area is 82.5 Å². The first kappa shape index (κ1) is 10.2. The number of hydrogen-bond donors (Lipinski definition) is 1. The first-order valence-corrected chi connectivity index (χ1v) is 4.49. The number of esters is 1. The second-order valence-corrected chi connectivity index (χ2v) is 3.75. The maximum Gasteiger partial charge on any atom is 0.373 e. The van der Waals surface area contributed by atoms with Crippen molar-refractivity contribution in [3.05, 3.63) is 23.7 Å². The summed E-state index contributed by atoms with van der Waals surface area (Å²) >= 11 is 4.24. The molecule has 3 nitrogen and oxygen atoms in total. The largest absolute Gasteiger partial charge is 0.463 e. The van der Waals surface area contributed by atoms with Gasteiger partial charge in [0.05, 0.1) is 13.4 Å². The average Bonchev–Trinajstić information content (AvgIpc) is 2.50. The van der Waals surface area contributed by atoms with Crippen molar-refractivity contribution in [2.24, 2.45) is 0 Å². The summed E-state index contributed by atoms with van der Waals surface area (Å²) in [6, 6.07) is 1.68. The summed E-state index contributed by atoms with van der Waals surface area (Å²) in [7, 11) is 1.33. The van der Waals surface area contributed by atoms with E-state index in [1.807, 2.05) is 6.92 Å². The zero-order valence-electron chi connectivity index (χ0n) is 7.61. The number of methoxy groups -OCH3 is 1. The normalized spacial score (nSPS) is 12.5. The van der Waals surface area contributed by atoms with Crippen molar-refractivity contribution in [1.29, 1.82) is 0 Å². The zero-order valence-corrected chi connectivity index (χ0v) is 8.51. The van der Waals surface area contributed by atoms with Crippen LogP contribution >= 0.6 is 12.6 Å². The number of furan rings is 1. The van der Waals surface area contributed by atoms with Gasteiger partial charge in [-0.1, -0.05) is 6.92 Å². The van der Waals surface area contributed by atoms with E-state index in [-0.39, 0.29) is 11.0 Å². The number of carbonyl (C=O) groups excluding carboxylic acids is 1. The molecule has 0 aliphatic carbocycles. The van der Waals surface area contributed by atoms with Crippen molar-refractivity contribution < 1.29 is 13.9 Å². The van der Waals surface area contributed by atoms with Crippen molar-refractivity contribution >= 4 is 18.6 Å². The van der Waals surface area contributed by atoms with Crippen molar-refractivity contribution in [2.75, 3.05) is 7.11 Å². The molecule has 72 valence electrons. The monoisotopic (exact) mass is 200 g/mol. The lowest BCUT2D eigenvalue weighted by Crippen LogP contribution is -1.99. The Morgan fingerprint density at radius 2 is 2.46 bits per heavy atom. The summed E-state index contributed by atoms with van der Waals surface area (Å²) < 4.78 is 9.51. The molecule has 0 aromatic carbocycles. The van der Waals surface area contributed by atoms with Crippen molar-refractivity contribution in [3.8, 4) is 0 Å². The van der Waals surface area contributed by atoms with Gasteiger partial charge in [-0.25, -0.2) is 4.79 Å². The molecular formula is C9H12O3S. The first-order chi connectivity index (χ1) is 6.13. The lowest BCUT2D eigenvalue weighted by molar-refractivity contribution is 0.0565. The Kier molecular flexibility index (Phi) is 3.42. The second kappa shape index (κ2) is 4.37. The summed E-state index contributed by atoms with van der Waals surface area (Å²) in [5, 5.41) is 0.253. The fourth-order valence-electron chi connectivity index (χ4n) is 1.03. The number of rotatable bonds is 3. The maximum absolute atomic E-state index is 11.0. The quantitative estimate of drug-likeness (QED) is 0.598. The van der Waals surface area contributed by atoms with Crippen molar-refractivity contribution in [2.45, 2.75) is 18.6 Å². The minimum Gasteiger partial charge on any atom is -0.463 e. The first-order valence-electron chi connectivity index (χ1n) is 3.97. The highest BCUT2D eigenvalue weighted by Crippen LogP contribution is 2.12. The van der Waals surface area contributed by atoms with E-state index in [4.69, 9.17) is 4.42 Å². The molecule has 1 rings (SSSR count). The van der Waals surface area contributed by atoms with Gasteiger partial charge < -0.3 is 9.15 Å². The van der Waals surface area contributed by atoms with Gasteiger partial charge in [-0.2, -0.15) is 12.6 Å². The minimum absolute atomic E-state index is 0.242. The van der Waals surface area contributed by atoms with Crippen molar-refractivity contribution in [3.63, 3.8) is 0 Å². The molecule has 13 heavy (non-hydrogen) atoms. The molecule has 0 bridgehead atoms. The average molecular weight is 200 g/mol. The molecule has 0 N–H and O–H groups in total. The van der Waals surface area contributed by atoms with Crippen LogP contribution in [0.2, 0.25) is 0 Å². The molecule has 0 saturated heterocycles. The van der Waals surface area contributed by atoms with Gasteiger partial charge >= 0.3 is 5.97 Å². The van der Waals surface area contributed by atoms with Crippen LogP contribution in [0.4, 0.5) is 0 Å².